The number of ether oxygens (including phenoxy) is 1. The molecular formula is C20H25N3O4S. The Kier molecular flexibility index (Phi) is 4.95. The Labute approximate surface area is 165 Å². The maximum atomic E-state index is 12.4. The second kappa shape index (κ2) is 7.27. The monoisotopic (exact) mass is 403 g/mol. The molecule has 7 nitrogen and oxygen atoms in total. The minimum atomic E-state index is -2.88. The Bertz CT molecular complexity index is 1070. The summed E-state index contributed by atoms with van der Waals surface area (Å²) in [6.45, 7) is 1.75. The van der Waals surface area contributed by atoms with E-state index in [2.05, 4.69) is 4.98 Å². The SMILES string of the molecule is CCS(O)(O)c1ccc(OC2CCCC2)c(-c2cn(C)c(=O)c3cncn23)c1. The second-order valence-electron chi connectivity index (χ2n) is 7.22. The summed E-state index contributed by atoms with van der Waals surface area (Å²) in [6, 6.07) is 5.29. The van der Waals surface area contributed by atoms with Gasteiger partial charge >= 0.3 is 0 Å². The van der Waals surface area contributed by atoms with E-state index in [4.69, 9.17) is 4.74 Å². The lowest BCUT2D eigenvalue weighted by atomic mass is 10.1. The normalized spacial score (nSPS) is 16.0. The number of aryl methyl sites for hydroxylation is 1. The van der Waals surface area contributed by atoms with Gasteiger partial charge in [0.05, 0.1) is 29.2 Å². The number of nitrogens with zero attached hydrogens (tertiary/aromatic N) is 3. The molecule has 150 valence electrons. The number of hydrogen-bond acceptors (Lipinski definition) is 5. The number of aromatic nitrogens is 3. The van der Waals surface area contributed by atoms with Crippen molar-refractivity contribution in [1.29, 1.82) is 0 Å². The minimum Gasteiger partial charge on any atom is -0.490 e. The second-order valence-corrected chi connectivity index (χ2v) is 9.60. The third-order valence-electron chi connectivity index (χ3n) is 5.36. The van der Waals surface area contributed by atoms with Crippen molar-refractivity contribution in [2.24, 2.45) is 7.05 Å². The first-order valence-corrected chi connectivity index (χ1v) is 11.2. The van der Waals surface area contributed by atoms with Crippen molar-refractivity contribution in [3.8, 4) is 17.0 Å². The lowest BCUT2D eigenvalue weighted by Gasteiger charge is -2.31. The van der Waals surface area contributed by atoms with Gasteiger partial charge < -0.3 is 9.30 Å². The van der Waals surface area contributed by atoms with E-state index < -0.39 is 10.6 Å². The van der Waals surface area contributed by atoms with Crippen LogP contribution in [0.5, 0.6) is 5.75 Å². The predicted molar refractivity (Wildman–Crippen MR) is 110 cm³/mol. The van der Waals surface area contributed by atoms with Gasteiger partial charge in [0.1, 0.15) is 11.3 Å². The van der Waals surface area contributed by atoms with Crippen molar-refractivity contribution in [1.82, 2.24) is 14.0 Å². The molecule has 28 heavy (non-hydrogen) atoms. The Balaban J connectivity index is 1.92. The molecule has 0 radical (unpaired) electrons. The number of benzene rings is 1. The third-order valence-corrected chi connectivity index (χ3v) is 7.17. The molecule has 0 aliphatic heterocycles. The van der Waals surface area contributed by atoms with Crippen molar-refractivity contribution in [2.75, 3.05) is 5.75 Å². The molecule has 1 aromatic carbocycles. The van der Waals surface area contributed by atoms with Crippen molar-refractivity contribution in [2.45, 2.75) is 43.6 Å². The zero-order chi connectivity index (χ0) is 19.9. The molecule has 0 amide bonds. The van der Waals surface area contributed by atoms with Crippen LogP contribution < -0.4 is 10.3 Å². The Morgan fingerprint density at radius 3 is 2.75 bits per heavy atom. The Morgan fingerprint density at radius 2 is 2.04 bits per heavy atom. The van der Waals surface area contributed by atoms with Gasteiger partial charge in [-0.3, -0.25) is 18.3 Å². The first-order valence-electron chi connectivity index (χ1n) is 9.49. The molecule has 8 heteroatoms. The Hall–Kier alpha value is -2.29. The highest BCUT2D eigenvalue weighted by Gasteiger charge is 2.22. The van der Waals surface area contributed by atoms with Crippen molar-refractivity contribution < 1.29 is 13.8 Å². The summed E-state index contributed by atoms with van der Waals surface area (Å²) in [5, 5.41) is 0. The van der Waals surface area contributed by atoms with Crippen LogP contribution in [0.1, 0.15) is 32.6 Å². The standard InChI is InChI=1S/C20H25N3O4S/c1-3-28(25,26)15-8-9-19(27-14-6-4-5-7-14)16(10-15)18-12-22(2)20(24)17-11-21-13-23(17)18/h8-14,25-26H,3-7H2,1-2H3. The number of imidazole rings is 1. The first-order chi connectivity index (χ1) is 13.4. The fourth-order valence-electron chi connectivity index (χ4n) is 3.70. The molecule has 0 unspecified atom stereocenters. The maximum Gasteiger partial charge on any atom is 0.276 e. The topological polar surface area (TPSA) is 89.0 Å². The molecule has 1 aliphatic carbocycles. The maximum absolute atomic E-state index is 12.4. The van der Waals surface area contributed by atoms with Gasteiger partial charge in [-0.15, -0.1) is 0 Å². The van der Waals surface area contributed by atoms with E-state index in [9.17, 15) is 13.9 Å². The van der Waals surface area contributed by atoms with Crippen LogP contribution in [0, 0.1) is 0 Å². The van der Waals surface area contributed by atoms with E-state index in [0.29, 0.717) is 16.2 Å². The molecule has 2 N–H and O–H groups in total. The number of rotatable bonds is 5. The van der Waals surface area contributed by atoms with Gasteiger partial charge in [0.25, 0.3) is 5.56 Å². The summed E-state index contributed by atoms with van der Waals surface area (Å²) in [7, 11) is -1.19. The first kappa shape index (κ1) is 19.0. The quantitative estimate of drug-likeness (QED) is 0.668. The highest BCUT2D eigenvalue weighted by Crippen LogP contribution is 2.50. The molecule has 1 aliphatic rings. The van der Waals surface area contributed by atoms with Gasteiger partial charge in [0, 0.05) is 24.6 Å². The summed E-state index contributed by atoms with van der Waals surface area (Å²) in [5.41, 5.74) is 1.75. The molecule has 0 bridgehead atoms. The van der Waals surface area contributed by atoms with Crippen molar-refractivity contribution >= 4 is 16.1 Å². The van der Waals surface area contributed by atoms with Crippen LogP contribution in [0.25, 0.3) is 16.8 Å². The number of fused-ring (bicyclic) bond motifs is 1. The minimum absolute atomic E-state index is 0.145. The molecule has 0 spiro atoms. The van der Waals surface area contributed by atoms with Gasteiger partial charge in [-0.25, -0.2) is 4.98 Å². The van der Waals surface area contributed by atoms with Crippen LogP contribution in [0.2, 0.25) is 0 Å². The predicted octanol–water partition coefficient (Wildman–Crippen LogP) is 4.15. The zero-order valence-corrected chi connectivity index (χ0v) is 16.9. The summed E-state index contributed by atoms with van der Waals surface area (Å²) >= 11 is 0. The van der Waals surface area contributed by atoms with Crippen molar-refractivity contribution in [3.05, 3.63) is 47.3 Å². The van der Waals surface area contributed by atoms with Gasteiger partial charge in [0.2, 0.25) is 0 Å². The summed E-state index contributed by atoms with van der Waals surface area (Å²) in [6.07, 6.45) is 9.35. The van der Waals surface area contributed by atoms with Gasteiger partial charge in [0.15, 0.2) is 0 Å². The van der Waals surface area contributed by atoms with Gasteiger partial charge in [-0.05, 0) is 50.8 Å². The van der Waals surface area contributed by atoms with E-state index >= 15 is 0 Å². The lowest BCUT2D eigenvalue weighted by molar-refractivity contribution is 0.211. The molecule has 4 rings (SSSR count). The molecule has 1 fully saturated rings. The van der Waals surface area contributed by atoms with E-state index in [0.717, 1.165) is 36.9 Å². The van der Waals surface area contributed by atoms with E-state index in [1.807, 2.05) is 0 Å². The van der Waals surface area contributed by atoms with Crippen LogP contribution >= 0.6 is 10.6 Å². The van der Waals surface area contributed by atoms with E-state index in [1.165, 1.54) is 10.8 Å². The fourth-order valence-corrected chi connectivity index (χ4v) is 4.62. The van der Waals surface area contributed by atoms with Crippen LogP contribution in [0.3, 0.4) is 0 Å². The molecule has 3 aromatic rings. The number of hydrogen-bond donors (Lipinski definition) is 2. The molecule has 0 saturated heterocycles. The zero-order valence-electron chi connectivity index (χ0n) is 16.0. The largest absolute Gasteiger partial charge is 0.490 e. The molecule has 2 aromatic heterocycles. The molecular weight excluding hydrogens is 378 g/mol. The third kappa shape index (κ3) is 3.32. The summed E-state index contributed by atoms with van der Waals surface area (Å²) in [4.78, 5) is 17.0. The smallest absolute Gasteiger partial charge is 0.276 e. The van der Waals surface area contributed by atoms with Gasteiger partial charge in [-0.2, -0.15) is 10.6 Å². The fraction of sp³-hybridized carbons (Fsp3) is 0.400. The van der Waals surface area contributed by atoms with Crippen LogP contribution in [0.4, 0.5) is 0 Å². The average molecular weight is 404 g/mol. The highest BCUT2D eigenvalue weighted by molar-refractivity contribution is 8.24. The van der Waals surface area contributed by atoms with E-state index in [1.54, 1.807) is 49.1 Å². The molecule has 0 atom stereocenters. The van der Waals surface area contributed by atoms with Crippen LogP contribution in [-0.4, -0.2) is 34.9 Å². The van der Waals surface area contributed by atoms with Crippen LogP contribution in [-0.2, 0) is 7.05 Å². The molecule has 1 saturated carbocycles. The van der Waals surface area contributed by atoms with Crippen LogP contribution in [0.15, 0.2) is 46.6 Å². The van der Waals surface area contributed by atoms with Crippen molar-refractivity contribution in [3.63, 3.8) is 0 Å². The lowest BCUT2D eigenvalue weighted by Crippen LogP contribution is -2.19. The highest BCUT2D eigenvalue weighted by atomic mass is 32.3. The molecule has 2 heterocycles. The Morgan fingerprint density at radius 1 is 1.29 bits per heavy atom. The van der Waals surface area contributed by atoms with Gasteiger partial charge in [-0.1, -0.05) is 0 Å². The average Bonchev–Trinajstić information content (AvgIpc) is 3.37. The van der Waals surface area contributed by atoms with E-state index in [-0.39, 0.29) is 17.4 Å². The summed E-state index contributed by atoms with van der Waals surface area (Å²) in [5.74, 6) is 0.916. The summed E-state index contributed by atoms with van der Waals surface area (Å²) < 4.78 is 30.4.